The van der Waals surface area contributed by atoms with E-state index in [1.165, 1.54) is 18.2 Å². The highest BCUT2D eigenvalue weighted by molar-refractivity contribution is 5.91. The maximum absolute atomic E-state index is 11.4. The Balaban J connectivity index is 3.01. The third kappa shape index (κ3) is 1.31. The number of pyridine rings is 1. The summed E-state index contributed by atoms with van der Waals surface area (Å²) in [7, 11) is 0. The summed E-state index contributed by atoms with van der Waals surface area (Å²) in [6.07, 6.45) is 0.983. The maximum Gasteiger partial charge on any atom is 0.280 e. The van der Waals surface area contributed by atoms with E-state index in [1.54, 1.807) is 6.92 Å². The molecule has 0 N–H and O–H groups in total. The first kappa shape index (κ1) is 10.2. The number of nitro benzene ring substituents is 1. The molecule has 6 heteroatoms. The lowest BCUT2D eigenvalue weighted by Crippen LogP contribution is -2.14. The monoisotopic (exact) mass is 219 g/mol. The lowest BCUT2D eigenvalue weighted by atomic mass is 10.1. The average molecular weight is 219 g/mol. The fourth-order valence-electron chi connectivity index (χ4n) is 1.64. The topological polar surface area (TPSA) is 88.2 Å². The summed E-state index contributed by atoms with van der Waals surface area (Å²) in [6.45, 7) is 1.58. The van der Waals surface area contributed by atoms with E-state index in [9.17, 15) is 20.1 Å². The van der Waals surface area contributed by atoms with Gasteiger partial charge in [-0.15, -0.1) is 0 Å². The molecule has 0 aliphatic carbocycles. The van der Waals surface area contributed by atoms with Crippen molar-refractivity contribution in [2.45, 2.75) is 6.92 Å². The van der Waals surface area contributed by atoms with Gasteiger partial charge in [-0.3, -0.25) is 14.9 Å². The Hall–Kier alpha value is -2.37. The first-order chi connectivity index (χ1) is 7.52. The van der Waals surface area contributed by atoms with Crippen LogP contribution in [0.1, 0.15) is 5.56 Å². The van der Waals surface area contributed by atoms with Crippen molar-refractivity contribution in [1.82, 2.24) is 4.73 Å². The van der Waals surface area contributed by atoms with Crippen molar-refractivity contribution in [3.05, 3.63) is 55.6 Å². The number of hydrogen-bond donors (Lipinski definition) is 0. The second-order valence-electron chi connectivity index (χ2n) is 3.40. The zero-order valence-corrected chi connectivity index (χ0v) is 8.34. The second kappa shape index (κ2) is 3.34. The van der Waals surface area contributed by atoms with Crippen molar-refractivity contribution in [2.24, 2.45) is 0 Å². The van der Waals surface area contributed by atoms with E-state index >= 15 is 0 Å². The SMILES string of the molecule is Cc1ccc2c(=O)n([O-])ccc2c1[N+](=O)[O-]. The highest BCUT2D eigenvalue weighted by Crippen LogP contribution is 2.26. The van der Waals surface area contributed by atoms with Crippen molar-refractivity contribution in [3.63, 3.8) is 0 Å². The zero-order chi connectivity index (χ0) is 11.9. The molecule has 0 amide bonds. The Morgan fingerprint density at radius 1 is 1.25 bits per heavy atom. The van der Waals surface area contributed by atoms with Crippen LogP contribution in [0.5, 0.6) is 0 Å². The number of fused-ring (bicyclic) bond motifs is 1. The van der Waals surface area contributed by atoms with E-state index in [2.05, 4.69) is 0 Å². The molecule has 0 fully saturated rings. The highest BCUT2D eigenvalue weighted by atomic mass is 16.6. The smallest absolute Gasteiger partial charge is 0.280 e. The molecule has 0 radical (unpaired) electrons. The van der Waals surface area contributed by atoms with Gasteiger partial charge in [0, 0.05) is 11.8 Å². The van der Waals surface area contributed by atoms with Crippen LogP contribution in [0.3, 0.4) is 0 Å². The molecule has 1 heterocycles. The third-order valence-electron chi connectivity index (χ3n) is 2.41. The van der Waals surface area contributed by atoms with Crippen LogP contribution in [-0.4, -0.2) is 9.65 Å². The van der Waals surface area contributed by atoms with Gasteiger partial charge in [0.1, 0.15) is 0 Å². The molecular formula is C10H7N2O4-. The van der Waals surface area contributed by atoms with Crippen LogP contribution in [0.4, 0.5) is 5.69 Å². The van der Waals surface area contributed by atoms with Crippen molar-refractivity contribution < 1.29 is 4.92 Å². The highest BCUT2D eigenvalue weighted by Gasteiger charge is 2.16. The van der Waals surface area contributed by atoms with Gasteiger partial charge >= 0.3 is 0 Å². The lowest BCUT2D eigenvalue weighted by Gasteiger charge is -2.09. The molecule has 0 spiro atoms. The van der Waals surface area contributed by atoms with E-state index < -0.39 is 10.5 Å². The summed E-state index contributed by atoms with van der Waals surface area (Å²) in [5, 5.41) is 22.1. The number of nitrogens with zero attached hydrogens (tertiary/aromatic N) is 2. The standard InChI is InChI=1S/C10H7N2O4/c1-6-2-3-8-7(9(6)12(15)16)4-5-11(14)10(8)13/h2-5H,1H3/q-1. The fraction of sp³-hybridized carbons (Fsp3) is 0.100. The van der Waals surface area contributed by atoms with Gasteiger partial charge in [0.25, 0.3) is 11.2 Å². The molecule has 2 rings (SSSR count). The van der Waals surface area contributed by atoms with Crippen LogP contribution in [0.25, 0.3) is 10.8 Å². The Bertz CT molecular complexity index is 645. The predicted octanol–water partition coefficient (Wildman–Crippen LogP) is 1.56. The van der Waals surface area contributed by atoms with Gasteiger partial charge < -0.3 is 9.94 Å². The minimum Gasteiger partial charge on any atom is -0.803 e. The van der Waals surface area contributed by atoms with Crippen LogP contribution in [0.2, 0.25) is 0 Å². The Labute approximate surface area is 89.5 Å². The van der Waals surface area contributed by atoms with Crippen LogP contribution in [0, 0.1) is 22.2 Å². The molecular weight excluding hydrogens is 212 g/mol. The minimum atomic E-state index is -0.777. The number of rotatable bonds is 1. The molecule has 2 aromatic rings. The fourth-order valence-corrected chi connectivity index (χ4v) is 1.64. The van der Waals surface area contributed by atoms with Gasteiger partial charge in [0.2, 0.25) is 0 Å². The van der Waals surface area contributed by atoms with Crippen LogP contribution in [-0.2, 0) is 0 Å². The van der Waals surface area contributed by atoms with Crippen LogP contribution >= 0.6 is 0 Å². The van der Waals surface area contributed by atoms with Gasteiger partial charge in [0.05, 0.1) is 15.7 Å². The van der Waals surface area contributed by atoms with Gasteiger partial charge in [-0.05, 0) is 19.1 Å². The second-order valence-corrected chi connectivity index (χ2v) is 3.40. The van der Waals surface area contributed by atoms with Crippen LogP contribution < -0.4 is 5.56 Å². The van der Waals surface area contributed by atoms with Crippen molar-refractivity contribution in [1.29, 1.82) is 0 Å². The summed E-state index contributed by atoms with van der Waals surface area (Å²) in [4.78, 5) is 21.7. The molecule has 0 unspecified atom stereocenters. The molecule has 0 saturated heterocycles. The van der Waals surface area contributed by atoms with Crippen molar-refractivity contribution >= 4 is 16.5 Å². The van der Waals surface area contributed by atoms with E-state index in [-0.39, 0.29) is 21.2 Å². The van der Waals surface area contributed by atoms with Gasteiger partial charge in [0.15, 0.2) is 0 Å². The lowest BCUT2D eigenvalue weighted by molar-refractivity contribution is -0.383. The molecule has 0 aliphatic heterocycles. The van der Waals surface area contributed by atoms with Crippen molar-refractivity contribution in [2.75, 3.05) is 0 Å². The molecule has 1 aromatic heterocycles. The molecule has 0 bridgehead atoms. The Morgan fingerprint density at radius 2 is 1.94 bits per heavy atom. The number of benzene rings is 1. The molecule has 0 aliphatic rings. The van der Waals surface area contributed by atoms with Crippen molar-refractivity contribution in [3.8, 4) is 0 Å². The summed E-state index contributed by atoms with van der Waals surface area (Å²) < 4.78 is 0.154. The quantitative estimate of drug-likeness (QED) is 0.537. The number of hydrogen-bond acceptors (Lipinski definition) is 4. The third-order valence-corrected chi connectivity index (χ3v) is 2.41. The molecule has 0 saturated carbocycles. The zero-order valence-electron chi connectivity index (χ0n) is 8.34. The predicted molar refractivity (Wildman–Crippen MR) is 58.4 cm³/mol. The summed E-state index contributed by atoms with van der Waals surface area (Å²) in [5.41, 5.74) is -0.448. The summed E-state index contributed by atoms with van der Waals surface area (Å²) in [5.74, 6) is 0. The van der Waals surface area contributed by atoms with E-state index in [1.807, 2.05) is 0 Å². The largest absolute Gasteiger partial charge is 0.803 e. The molecule has 16 heavy (non-hydrogen) atoms. The molecule has 82 valence electrons. The Morgan fingerprint density at radius 3 is 2.56 bits per heavy atom. The van der Waals surface area contributed by atoms with Crippen LogP contribution in [0.15, 0.2) is 29.2 Å². The number of nitro groups is 1. The molecule has 0 atom stereocenters. The van der Waals surface area contributed by atoms with Gasteiger partial charge in [-0.1, -0.05) is 6.07 Å². The first-order valence-electron chi connectivity index (χ1n) is 4.49. The van der Waals surface area contributed by atoms with E-state index in [0.717, 1.165) is 6.20 Å². The average Bonchev–Trinajstić information content (AvgIpc) is 2.22. The number of aryl methyl sites for hydroxylation is 1. The van der Waals surface area contributed by atoms with E-state index in [0.29, 0.717) is 5.56 Å². The van der Waals surface area contributed by atoms with Gasteiger partial charge in [-0.25, -0.2) is 0 Å². The molecule has 6 nitrogen and oxygen atoms in total. The summed E-state index contributed by atoms with van der Waals surface area (Å²) >= 11 is 0. The first-order valence-corrected chi connectivity index (χ1v) is 4.49. The minimum absolute atomic E-state index is 0.0646. The Kier molecular flexibility index (Phi) is 2.12. The van der Waals surface area contributed by atoms with E-state index in [4.69, 9.17) is 0 Å². The normalized spacial score (nSPS) is 10.6. The maximum atomic E-state index is 11.4. The molecule has 1 aromatic carbocycles. The summed E-state index contributed by atoms with van der Waals surface area (Å²) in [6, 6.07) is 4.17. The number of aromatic nitrogens is 1. The van der Waals surface area contributed by atoms with Gasteiger partial charge in [-0.2, -0.15) is 0 Å².